The van der Waals surface area contributed by atoms with E-state index in [1.807, 2.05) is 60.7 Å². The summed E-state index contributed by atoms with van der Waals surface area (Å²) in [4.78, 5) is 27.0. The second-order valence-corrected chi connectivity index (χ2v) is 5.93. The number of furan rings is 1. The Balaban J connectivity index is 1.81. The quantitative estimate of drug-likeness (QED) is 0.743. The van der Waals surface area contributed by atoms with E-state index in [1.54, 1.807) is 24.1 Å². The first-order valence-corrected chi connectivity index (χ1v) is 8.36. The van der Waals surface area contributed by atoms with Gasteiger partial charge < -0.3 is 14.6 Å². The van der Waals surface area contributed by atoms with Gasteiger partial charge in [0.05, 0.1) is 6.26 Å². The van der Waals surface area contributed by atoms with Crippen LogP contribution in [0.2, 0.25) is 0 Å². The molecule has 1 heterocycles. The van der Waals surface area contributed by atoms with Crippen LogP contribution in [-0.4, -0.2) is 24.9 Å². The van der Waals surface area contributed by atoms with Gasteiger partial charge >= 0.3 is 0 Å². The number of hydrogen-bond donors (Lipinski definition) is 1. The van der Waals surface area contributed by atoms with Gasteiger partial charge in [0.2, 0.25) is 5.91 Å². The number of anilines is 1. The van der Waals surface area contributed by atoms with Crippen molar-refractivity contribution in [1.82, 2.24) is 5.32 Å². The van der Waals surface area contributed by atoms with Crippen molar-refractivity contribution in [2.75, 3.05) is 11.9 Å². The highest BCUT2D eigenvalue weighted by Crippen LogP contribution is 2.14. The van der Waals surface area contributed by atoms with Crippen molar-refractivity contribution in [2.45, 2.75) is 12.5 Å². The van der Waals surface area contributed by atoms with Crippen molar-refractivity contribution in [3.63, 3.8) is 0 Å². The Morgan fingerprint density at radius 3 is 2.23 bits per heavy atom. The third-order valence-corrected chi connectivity index (χ3v) is 4.11. The van der Waals surface area contributed by atoms with Crippen molar-refractivity contribution < 1.29 is 14.0 Å². The van der Waals surface area contributed by atoms with E-state index in [9.17, 15) is 9.59 Å². The molecule has 0 aliphatic carbocycles. The third-order valence-electron chi connectivity index (χ3n) is 4.11. The molecule has 0 bridgehead atoms. The summed E-state index contributed by atoms with van der Waals surface area (Å²) in [5.74, 6) is -0.427. The Bertz CT molecular complexity index is 845. The molecule has 0 fully saturated rings. The van der Waals surface area contributed by atoms with Crippen LogP contribution >= 0.6 is 0 Å². The van der Waals surface area contributed by atoms with Crippen molar-refractivity contribution in [3.8, 4) is 0 Å². The molecule has 0 radical (unpaired) electrons. The van der Waals surface area contributed by atoms with Gasteiger partial charge in [0, 0.05) is 19.2 Å². The molecule has 1 N–H and O–H groups in total. The fourth-order valence-electron chi connectivity index (χ4n) is 2.70. The largest absolute Gasteiger partial charge is 0.459 e. The predicted octanol–water partition coefficient (Wildman–Crippen LogP) is 3.28. The number of carbonyl (C=O) groups is 2. The minimum absolute atomic E-state index is 0.179. The monoisotopic (exact) mass is 348 g/mol. The number of rotatable bonds is 6. The lowest BCUT2D eigenvalue weighted by Gasteiger charge is -2.24. The highest BCUT2D eigenvalue weighted by atomic mass is 16.3. The van der Waals surface area contributed by atoms with E-state index in [1.165, 1.54) is 6.26 Å². The number of benzene rings is 2. The van der Waals surface area contributed by atoms with E-state index in [2.05, 4.69) is 5.32 Å². The maximum atomic E-state index is 13.0. The van der Waals surface area contributed by atoms with E-state index >= 15 is 0 Å². The summed E-state index contributed by atoms with van der Waals surface area (Å²) in [6.45, 7) is 0. The van der Waals surface area contributed by atoms with Gasteiger partial charge in [0.25, 0.3) is 5.91 Å². The maximum absolute atomic E-state index is 13.0. The zero-order chi connectivity index (χ0) is 18.4. The molecule has 3 rings (SSSR count). The number of carbonyl (C=O) groups excluding carboxylic acids is 2. The first-order valence-electron chi connectivity index (χ1n) is 8.36. The second kappa shape index (κ2) is 8.16. The molecule has 0 saturated heterocycles. The van der Waals surface area contributed by atoms with Gasteiger partial charge in [-0.3, -0.25) is 9.59 Å². The van der Waals surface area contributed by atoms with Crippen LogP contribution in [0.1, 0.15) is 16.1 Å². The summed E-state index contributed by atoms with van der Waals surface area (Å²) in [6, 6.07) is 21.4. The van der Waals surface area contributed by atoms with Gasteiger partial charge in [0.1, 0.15) is 6.04 Å². The van der Waals surface area contributed by atoms with Gasteiger partial charge in [-0.05, 0) is 29.8 Å². The zero-order valence-electron chi connectivity index (χ0n) is 14.5. The number of amides is 2. The number of nitrogens with zero attached hydrogens (tertiary/aromatic N) is 1. The van der Waals surface area contributed by atoms with Gasteiger partial charge in [-0.15, -0.1) is 0 Å². The molecule has 1 aromatic heterocycles. The van der Waals surface area contributed by atoms with Crippen molar-refractivity contribution in [1.29, 1.82) is 0 Å². The van der Waals surface area contributed by atoms with Crippen molar-refractivity contribution >= 4 is 17.5 Å². The van der Waals surface area contributed by atoms with E-state index in [4.69, 9.17) is 4.42 Å². The Morgan fingerprint density at radius 2 is 1.62 bits per heavy atom. The first-order chi connectivity index (χ1) is 12.6. The molecule has 0 aliphatic heterocycles. The topological polar surface area (TPSA) is 62.6 Å². The smallest absolute Gasteiger partial charge is 0.287 e. The van der Waals surface area contributed by atoms with Gasteiger partial charge in [0.15, 0.2) is 5.76 Å². The summed E-state index contributed by atoms with van der Waals surface area (Å²) < 4.78 is 5.13. The Morgan fingerprint density at radius 1 is 0.962 bits per heavy atom. The summed E-state index contributed by atoms with van der Waals surface area (Å²) in [5, 5.41) is 2.79. The summed E-state index contributed by atoms with van der Waals surface area (Å²) in [6.07, 6.45) is 1.82. The normalized spacial score (nSPS) is 11.6. The predicted molar refractivity (Wildman–Crippen MR) is 100.0 cm³/mol. The Hall–Kier alpha value is -3.34. The first kappa shape index (κ1) is 17.5. The number of nitrogens with one attached hydrogen (secondary N) is 1. The minimum atomic E-state index is -0.708. The van der Waals surface area contributed by atoms with Crippen LogP contribution in [0.3, 0.4) is 0 Å². The van der Waals surface area contributed by atoms with Crippen molar-refractivity contribution in [3.05, 3.63) is 90.4 Å². The third kappa shape index (κ3) is 4.19. The summed E-state index contributed by atoms with van der Waals surface area (Å²) >= 11 is 0. The average molecular weight is 348 g/mol. The molecule has 5 nitrogen and oxygen atoms in total. The summed E-state index contributed by atoms with van der Waals surface area (Å²) in [5.41, 5.74) is 1.73. The zero-order valence-corrected chi connectivity index (χ0v) is 14.5. The lowest BCUT2D eigenvalue weighted by Crippen LogP contribution is -2.48. The minimum Gasteiger partial charge on any atom is -0.459 e. The lowest BCUT2D eigenvalue weighted by molar-refractivity contribution is -0.120. The number of likely N-dealkylation sites (N-methyl/N-ethyl adjacent to an activating group) is 1. The summed E-state index contributed by atoms with van der Waals surface area (Å²) in [7, 11) is 1.70. The maximum Gasteiger partial charge on any atom is 0.287 e. The molecule has 0 spiro atoms. The molecule has 0 aliphatic rings. The highest BCUT2D eigenvalue weighted by Gasteiger charge is 2.26. The van der Waals surface area contributed by atoms with Crippen LogP contribution in [0.15, 0.2) is 83.5 Å². The van der Waals surface area contributed by atoms with Crippen LogP contribution in [0, 0.1) is 0 Å². The van der Waals surface area contributed by atoms with E-state index in [0.717, 1.165) is 11.3 Å². The molecule has 2 amide bonds. The fraction of sp³-hybridized carbons (Fsp3) is 0.143. The van der Waals surface area contributed by atoms with Crippen LogP contribution in [0.4, 0.5) is 5.69 Å². The molecule has 2 aromatic carbocycles. The average Bonchev–Trinajstić information content (AvgIpc) is 3.23. The van der Waals surface area contributed by atoms with Gasteiger partial charge in [-0.1, -0.05) is 48.5 Å². The van der Waals surface area contributed by atoms with Crippen molar-refractivity contribution in [2.24, 2.45) is 0 Å². The van der Waals surface area contributed by atoms with Crippen LogP contribution in [0.5, 0.6) is 0 Å². The van der Waals surface area contributed by atoms with Crippen LogP contribution in [0.25, 0.3) is 0 Å². The molecule has 1 atom stereocenters. The fourth-order valence-corrected chi connectivity index (χ4v) is 2.70. The molecule has 3 aromatic rings. The molecule has 26 heavy (non-hydrogen) atoms. The Labute approximate surface area is 152 Å². The molecule has 1 unspecified atom stereocenters. The van der Waals surface area contributed by atoms with Gasteiger partial charge in [-0.2, -0.15) is 0 Å². The Kier molecular flexibility index (Phi) is 5.49. The van der Waals surface area contributed by atoms with E-state index in [-0.39, 0.29) is 11.7 Å². The lowest BCUT2D eigenvalue weighted by atomic mass is 10.0. The van der Waals surface area contributed by atoms with Crippen LogP contribution in [-0.2, 0) is 11.2 Å². The standard InChI is InChI=1S/C21H20N2O3/c1-23(17-11-6-3-7-12-17)21(25)18(15-16-9-4-2-5-10-16)22-20(24)19-13-8-14-26-19/h2-14,18H,15H2,1H3,(H,22,24). The van der Waals surface area contributed by atoms with E-state index < -0.39 is 11.9 Å². The van der Waals surface area contributed by atoms with Crippen LogP contribution < -0.4 is 10.2 Å². The molecule has 5 heteroatoms. The molecule has 0 saturated carbocycles. The van der Waals surface area contributed by atoms with E-state index in [0.29, 0.717) is 6.42 Å². The SMILES string of the molecule is CN(C(=O)C(Cc1ccccc1)NC(=O)c1ccco1)c1ccccc1. The highest BCUT2D eigenvalue weighted by molar-refractivity contribution is 6.01. The second-order valence-electron chi connectivity index (χ2n) is 5.93. The molecule has 132 valence electrons. The van der Waals surface area contributed by atoms with Gasteiger partial charge in [-0.25, -0.2) is 0 Å². The number of hydrogen-bond acceptors (Lipinski definition) is 3. The molecular weight excluding hydrogens is 328 g/mol. The molecular formula is C21H20N2O3. The number of para-hydroxylation sites is 1.